The maximum atomic E-state index is 11.4. The molecule has 2 N–H and O–H groups in total. The van der Waals surface area contributed by atoms with Gasteiger partial charge in [0.1, 0.15) is 5.82 Å². The summed E-state index contributed by atoms with van der Waals surface area (Å²) in [6, 6.07) is 1.69. The van der Waals surface area contributed by atoms with Crippen LogP contribution in [0.4, 0.5) is 5.82 Å². The number of anilines is 1. The van der Waals surface area contributed by atoms with Crippen molar-refractivity contribution in [1.29, 1.82) is 0 Å². The zero-order valence-electron chi connectivity index (χ0n) is 10.2. The third-order valence-electron chi connectivity index (χ3n) is 2.79. The van der Waals surface area contributed by atoms with Crippen LogP contribution in [-0.4, -0.2) is 58.6 Å². The van der Waals surface area contributed by atoms with Crippen LogP contribution in [0.25, 0.3) is 0 Å². The topological polar surface area (TPSA) is 95.8 Å². The number of hydrogen-bond acceptors (Lipinski definition) is 7. The molecule has 1 aromatic rings. The number of esters is 1. The first-order chi connectivity index (χ1) is 8.51. The molecule has 98 valence electrons. The van der Waals surface area contributed by atoms with Gasteiger partial charge in [-0.25, -0.2) is 14.8 Å². The molecular formula is C11H15N3O4. The van der Waals surface area contributed by atoms with Crippen molar-refractivity contribution in [2.75, 3.05) is 25.1 Å². The molecule has 0 amide bonds. The third kappa shape index (κ3) is 2.41. The highest BCUT2D eigenvalue weighted by Gasteiger charge is 2.31. The highest BCUT2D eigenvalue weighted by atomic mass is 16.5. The monoisotopic (exact) mass is 253 g/mol. The molecule has 2 rings (SSSR count). The zero-order valence-corrected chi connectivity index (χ0v) is 10.2. The van der Waals surface area contributed by atoms with E-state index in [1.54, 1.807) is 17.9 Å². The maximum absolute atomic E-state index is 11.4. The molecule has 2 atom stereocenters. The van der Waals surface area contributed by atoms with Gasteiger partial charge in [-0.15, -0.1) is 0 Å². The molecule has 0 radical (unpaired) electrons. The van der Waals surface area contributed by atoms with E-state index in [0.29, 0.717) is 11.5 Å². The van der Waals surface area contributed by atoms with Gasteiger partial charge >= 0.3 is 5.97 Å². The van der Waals surface area contributed by atoms with Crippen LogP contribution in [0.3, 0.4) is 0 Å². The Morgan fingerprint density at radius 3 is 2.56 bits per heavy atom. The molecule has 2 heterocycles. The standard InChI is InChI=1S/C11H15N3O4/c1-6-3-9(13-10(12-6)11(17)18-2)14-4-7(15)8(16)5-14/h3,7-8,15-16H,4-5H2,1-2H3. The number of carbonyl (C=O) groups is 1. The summed E-state index contributed by atoms with van der Waals surface area (Å²) in [4.78, 5) is 21.2. The van der Waals surface area contributed by atoms with Crippen LogP contribution in [0.1, 0.15) is 16.3 Å². The maximum Gasteiger partial charge on any atom is 0.376 e. The SMILES string of the molecule is COC(=O)c1nc(C)cc(N2CC(O)C(O)C2)n1. The quantitative estimate of drug-likeness (QED) is 0.660. The number of aliphatic hydroxyl groups excluding tert-OH is 2. The smallest absolute Gasteiger partial charge is 0.376 e. The van der Waals surface area contributed by atoms with E-state index in [-0.39, 0.29) is 18.9 Å². The minimum absolute atomic E-state index is 0.0246. The molecule has 0 aliphatic carbocycles. The van der Waals surface area contributed by atoms with Crippen molar-refractivity contribution in [3.63, 3.8) is 0 Å². The van der Waals surface area contributed by atoms with E-state index < -0.39 is 18.2 Å². The van der Waals surface area contributed by atoms with E-state index >= 15 is 0 Å². The summed E-state index contributed by atoms with van der Waals surface area (Å²) in [5.41, 5.74) is 0.622. The molecule has 0 aromatic carbocycles. The lowest BCUT2D eigenvalue weighted by atomic mass is 10.3. The Morgan fingerprint density at radius 1 is 1.39 bits per heavy atom. The molecule has 1 saturated heterocycles. The number of rotatable bonds is 2. The Kier molecular flexibility index (Phi) is 3.44. The van der Waals surface area contributed by atoms with Crippen molar-refractivity contribution in [2.45, 2.75) is 19.1 Å². The van der Waals surface area contributed by atoms with Gasteiger partial charge in [-0.2, -0.15) is 0 Å². The lowest BCUT2D eigenvalue weighted by Gasteiger charge is -2.17. The highest BCUT2D eigenvalue weighted by Crippen LogP contribution is 2.19. The number of hydrogen-bond donors (Lipinski definition) is 2. The first-order valence-corrected chi connectivity index (χ1v) is 5.56. The van der Waals surface area contributed by atoms with Crippen LogP contribution in [-0.2, 0) is 4.74 Å². The largest absolute Gasteiger partial charge is 0.463 e. The van der Waals surface area contributed by atoms with Gasteiger partial charge in [0, 0.05) is 24.8 Å². The Hall–Kier alpha value is -1.73. The first kappa shape index (κ1) is 12.7. The van der Waals surface area contributed by atoms with Crippen molar-refractivity contribution in [3.05, 3.63) is 17.6 Å². The second-order valence-corrected chi connectivity index (χ2v) is 4.22. The molecule has 1 aliphatic heterocycles. The number of carbonyl (C=O) groups excluding carboxylic acids is 1. The van der Waals surface area contributed by atoms with Crippen molar-refractivity contribution >= 4 is 11.8 Å². The molecule has 7 nitrogen and oxygen atoms in total. The Labute approximate surface area is 104 Å². The minimum atomic E-state index is -0.804. The molecule has 1 fully saturated rings. The van der Waals surface area contributed by atoms with Gasteiger partial charge in [0.2, 0.25) is 5.82 Å². The van der Waals surface area contributed by atoms with Crippen molar-refractivity contribution in [2.24, 2.45) is 0 Å². The Balaban J connectivity index is 2.28. The van der Waals surface area contributed by atoms with Crippen LogP contribution >= 0.6 is 0 Å². The van der Waals surface area contributed by atoms with Gasteiger partial charge in [-0.1, -0.05) is 0 Å². The lowest BCUT2D eigenvalue weighted by Crippen LogP contribution is -2.24. The summed E-state index contributed by atoms with van der Waals surface area (Å²) in [5, 5.41) is 19.0. The molecule has 18 heavy (non-hydrogen) atoms. The number of methoxy groups -OCH3 is 1. The number of aryl methyl sites for hydroxylation is 1. The molecule has 7 heteroatoms. The average molecular weight is 253 g/mol. The molecule has 1 aliphatic rings. The van der Waals surface area contributed by atoms with E-state index in [9.17, 15) is 15.0 Å². The molecule has 1 aromatic heterocycles. The summed E-state index contributed by atoms with van der Waals surface area (Å²) in [6.07, 6.45) is -1.61. The van der Waals surface area contributed by atoms with E-state index in [2.05, 4.69) is 14.7 Å². The zero-order chi connectivity index (χ0) is 13.3. The Bertz CT molecular complexity index is 456. The fourth-order valence-corrected chi connectivity index (χ4v) is 1.85. The van der Waals surface area contributed by atoms with Gasteiger partial charge in [0.15, 0.2) is 0 Å². The van der Waals surface area contributed by atoms with Gasteiger partial charge in [-0.05, 0) is 6.92 Å². The second-order valence-electron chi connectivity index (χ2n) is 4.22. The fourth-order valence-electron chi connectivity index (χ4n) is 1.85. The summed E-state index contributed by atoms with van der Waals surface area (Å²) in [5.74, 6) is -0.137. The van der Waals surface area contributed by atoms with Gasteiger partial charge in [0.25, 0.3) is 0 Å². The molecule has 2 unspecified atom stereocenters. The van der Waals surface area contributed by atoms with E-state index in [1.165, 1.54) is 7.11 Å². The summed E-state index contributed by atoms with van der Waals surface area (Å²) in [7, 11) is 1.26. The van der Waals surface area contributed by atoms with Crippen molar-refractivity contribution in [1.82, 2.24) is 9.97 Å². The highest BCUT2D eigenvalue weighted by molar-refractivity contribution is 5.85. The molecule has 0 bridgehead atoms. The van der Waals surface area contributed by atoms with Crippen LogP contribution in [0.15, 0.2) is 6.07 Å². The number of aromatic nitrogens is 2. The van der Waals surface area contributed by atoms with Crippen LogP contribution in [0, 0.1) is 6.92 Å². The van der Waals surface area contributed by atoms with Crippen molar-refractivity contribution < 1.29 is 19.7 Å². The lowest BCUT2D eigenvalue weighted by molar-refractivity contribution is 0.0572. The van der Waals surface area contributed by atoms with Crippen LogP contribution < -0.4 is 4.90 Å². The summed E-state index contributed by atoms with van der Waals surface area (Å²) in [6.45, 7) is 2.29. The Morgan fingerprint density at radius 2 is 2.00 bits per heavy atom. The summed E-state index contributed by atoms with van der Waals surface area (Å²) >= 11 is 0. The summed E-state index contributed by atoms with van der Waals surface area (Å²) < 4.78 is 4.57. The number of aliphatic hydroxyl groups is 2. The van der Waals surface area contributed by atoms with E-state index in [4.69, 9.17) is 0 Å². The predicted molar refractivity (Wildman–Crippen MR) is 62.3 cm³/mol. The van der Waals surface area contributed by atoms with Gasteiger partial charge in [0.05, 0.1) is 19.3 Å². The number of ether oxygens (including phenoxy) is 1. The van der Waals surface area contributed by atoms with Gasteiger partial charge in [-0.3, -0.25) is 0 Å². The normalized spacial score (nSPS) is 23.2. The van der Waals surface area contributed by atoms with E-state index in [1.807, 2.05) is 0 Å². The molecular weight excluding hydrogens is 238 g/mol. The number of β-amino-alcohol motifs (C(OH)–C–C–N with tert-alkyl or cyclic N) is 2. The average Bonchev–Trinajstić information content (AvgIpc) is 2.68. The van der Waals surface area contributed by atoms with Crippen LogP contribution in [0.2, 0.25) is 0 Å². The molecule has 0 saturated carbocycles. The van der Waals surface area contributed by atoms with Crippen molar-refractivity contribution in [3.8, 4) is 0 Å². The fraction of sp³-hybridized carbons (Fsp3) is 0.545. The second kappa shape index (κ2) is 4.87. The molecule has 0 spiro atoms. The third-order valence-corrected chi connectivity index (χ3v) is 2.79. The van der Waals surface area contributed by atoms with E-state index in [0.717, 1.165) is 0 Å². The minimum Gasteiger partial charge on any atom is -0.463 e. The number of nitrogens with zero attached hydrogens (tertiary/aromatic N) is 3. The first-order valence-electron chi connectivity index (χ1n) is 5.56. The van der Waals surface area contributed by atoms with Crippen LogP contribution in [0.5, 0.6) is 0 Å². The predicted octanol–water partition coefficient (Wildman–Crippen LogP) is -0.887. The van der Waals surface area contributed by atoms with Gasteiger partial charge < -0.3 is 19.8 Å².